The molecular formula is C22H26N2O5. The van der Waals surface area contributed by atoms with Gasteiger partial charge in [-0.25, -0.2) is 4.79 Å². The van der Waals surface area contributed by atoms with E-state index in [1.807, 2.05) is 43.3 Å². The van der Waals surface area contributed by atoms with Gasteiger partial charge in [0.05, 0.1) is 33.8 Å². The molecule has 1 N–H and O–H groups in total. The molecule has 29 heavy (non-hydrogen) atoms. The van der Waals surface area contributed by atoms with Gasteiger partial charge in [0.2, 0.25) is 0 Å². The highest BCUT2D eigenvalue weighted by atomic mass is 16.5. The summed E-state index contributed by atoms with van der Waals surface area (Å²) in [6.07, 6.45) is 0.703. The van der Waals surface area contributed by atoms with Gasteiger partial charge in [-0.1, -0.05) is 12.1 Å². The Morgan fingerprint density at radius 2 is 1.83 bits per heavy atom. The third-order valence-electron chi connectivity index (χ3n) is 5.12. The number of nitrogens with one attached hydrogen (secondary N) is 1. The SMILES string of the molecule is COC(=O)C[C@H]1c2cc(OC)c(OC)cc2CCN1C(=O)Nc1cccc(C)c1. The number of anilines is 1. The van der Waals surface area contributed by atoms with Crippen molar-refractivity contribution >= 4 is 17.7 Å². The van der Waals surface area contributed by atoms with Crippen molar-refractivity contribution in [3.05, 3.63) is 53.1 Å². The quantitative estimate of drug-likeness (QED) is 0.777. The minimum atomic E-state index is -0.462. The molecule has 1 aliphatic heterocycles. The second kappa shape index (κ2) is 8.86. The molecule has 2 aromatic rings. The molecule has 0 radical (unpaired) electrons. The van der Waals surface area contributed by atoms with Crippen molar-refractivity contribution in [3.63, 3.8) is 0 Å². The Balaban J connectivity index is 1.95. The molecule has 1 atom stereocenters. The lowest BCUT2D eigenvalue weighted by atomic mass is 9.90. The summed E-state index contributed by atoms with van der Waals surface area (Å²) in [5, 5.41) is 2.93. The molecule has 0 aromatic heterocycles. The van der Waals surface area contributed by atoms with E-state index in [-0.39, 0.29) is 18.4 Å². The number of fused-ring (bicyclic) bond motifs is 1. The van der Waals surface area contributed by atoms with Crippen molar-refractivity contribution < 1.29 is 23.8 Å². The zero-order valence-electron chi connectivity index (χ0n) is 17.2. The predicted molar refractivity (Wildman–Crippen MR) is 110 cm³/mol. The monoisotopic (exact) mass is 398 g/mol. The van der Waals surface area contributed by atoms with E-state index in [2.05, 4.69) is 5.32 Å². The zero-order valence-corrected chi connectivity index (χ0v) is 17.2. The zero-order chi connectivity index (χ0) is 21.0. The molecule has 0 saturated heterocycles. The van der Waals surface area contributed by atoms with Crippen LogP contribution < -0.4 is 14.8 Å². The van der Waals surface area contributed by atoms with E-state index in [4.69, 9.17) is 14.2 Å². The number of methoxy groups -OCH3 is 3. The first-order valence-electron chi connectivity index (χ1n) is 9.42. The molecule has 7 nitrogen and oxygen atoms in total. The van der Waals surface area contributed by atoms with Gasteiger partial charge >= 0.3 is 12.0 Å². The summed E-state index contributed by atoms with van der Waals surface area (Å²) in [6.45, 7) is 2.44. The first-order valence-corrected chi connectivity index (χ1v) is 9.42. The van der Waals surface area contributed by atoms with Crippen LogP contribution in [0.25, 0.3) is 0 Å². The van der Waals surface area contributed by atoms with Gasteiger partial charge in [-0.05, 0) is 54.3 Å². The number of rotatable bonds is 5. The average Bonchev–Trinajstić information content (AvgIpc) is 2.72. The number of carbonyl (C=O) groups excluding carboxylic acids is 2. The Morgan fingerprint density at radius 1 is 1.10 bits per heavy atom. The summed E-state index contributed by atoms with van der Waals surface area (Å²) >= 11 is 0. The number of urea groups is 1. The number of benzene rings is 2. The molecule has 0 aliphatic carbocycles. The molecule has 154 valence electrons. The fourth-order valence-corrected chi connectivity index (χ4v) is 3.65. The summed E-state index contributed by atoms with van der Waals surface area (Å²) < 4.78 is 15.7. The maximum atomic E-state index is 13.1. The molecule has 0 fully saturated rings. The van der Waals surface area contributed by atoms with E-state index in [1.54, 1.807) is 19.1 Å². The van der Waals surface area contributed by atoms with Crippen LogP contribution in [-0.4, -0.2) is 44.8 Å². The summed E-state index contributed by atoms with van der Waals surface area (Å²) in [7, 11) is 4.49. The van der Waals surface area contributed by atoms with Crippen molar-refractivity contribution in [2.45, 2.75) is 25.8 Å². The lowest BCUT2D eigenvalue weighted by Gasteiger charge is -2.37. The van der Waals surface area contributed by atoms with Gasteiger partial charge < -0.3 is 24.4 Å². The third kappa shape index (κ3) is 4.45. The van der Waals surface area contributed by atoms with Gasteiger partial charge in [-0.15, -0.1) is 0 Å². The molecule has 7 heteroatoms. The van der Waals surface area contributed by atoms with Crippen LogP contribution in [-0.2, 0) is 16.0 Å². The number of ether oxygens (including phenoxy) is 3. The Labute approximate surface area is 170 Å². The molecule has 0 saturated carbocycles. The smallest absolute Gasteiger partial charge is 0.322 e. The van der Waals surface area contributed by atoms with Crippen LogP contribution in [0.3, 0.4) is 0 Å². The number of nitrogens with zero attached hydrogens (tertiary/aromatic N) is 1. The fourth-order valence-electron chi connectivity index (χ4n) is 3.65. The van der Waals surface area contributed by atoms with Crippen molar-refractivity contribution in [3.8, 4) is 11.5 Å². The highest BCUT2D eigenvalue weighted by molar-refractivity contribution is 5.90. The van der Waals surface area contributed by atoms with E-state index >= 15 is 0 Å². The van der Waals surface area contributed by atoms with Crippen LogP contribution in [0.2, 0.25) is 0 Å². The standard InChI is InChI=1S/C22H26N2O5/c1-14-6-5-7-16(10-14)23-22(26)24-9-8-15-11-19(27-2)20(28-3)12-17(15)18(24)13-21(25)29-4/h5-7,10-12,18H,8-9,13H2,1-4H3,(H,23,26)/t18-/m0/s1. The highest BCUT2D eigenvalue weighted by Gasteiger charge is 2.34. The molecular weight excluding hydrogens is 372 g/mol. The summed E-state index contributed by atoms with van der Waals surface area (Å²) in [5.74, 6) is 0.800. The summed E-state index contributed by atoms with van der Waals surface area (Å²) in [4.78, 5) is 26.8. The molecule has 2 amide bonds. The first kappa shape index (κ1) is 20.5. The van der Waals surface area contributed by atoms with Crippen LogP contribution in [0, 0.1) is 6.92 Å². The number of carbonyl (C=O) groups is 2. The van der Waals surface area contributed by atoms with E-state index in [0.29, 0.717) is 30.2 Å². The Morgan fingerprint density at radius 3 is 2.48 bits per heavy atom. The van der Waals surface area contributed by atoms with Gasteiger partial charge in [-0.2, -0.15) is 0 Å². The maximum absolute atomic E-state index is 13.1. The van der Waals surface area contributed by atoms with Crippen LogP contribution in [0.4, 0.5) is 10.5 Å². The second-order valence-corrected chi connectivity index (χ2v) is 6.95. The second-order valence-electron chi connectivity index (χ2n) is 6.95. The minimum absolute atomic E-state index is 0.0558. The van der Waals surface area contributed by atoms with E-state index in [0.717, 1.165) is 16.7 Å². The molecule has 1 heterocycles. The van der Waals surface area contributed by atoms with Crippen molar-refractivity contribution in [1.82, 2.24) is 4.90 Å². The Kier molecular flexibility index (Phi) is 6.26. The van der Waals surface area contributed by atoms with Crippen LogP contribution in [0.1, 0.15) is 29.2 Å². The number of amides is 2. The Bertz CT molecular complexity index is 912. The number of hydrogen-bond donors (Lipinski definition) is 1. The van der Waals surface area contributed by atoms with Crippen LogP contribution in [0.15, 0.2) is 36.4 Å². The number of aryl methyl sites for hydroxylation is 1. The number of hydrogen-bond acceptors (Lipinski definition) is 5. The fraction of sp³-hybridized carbons (Fsp3) is 0.364. The van der Waals surface area contributed by atoms with Crippen molar-refractivity contribution in [2.24, 2.45) is 0 Å². The van der Waals surface area contributed by atoms with Gasteiger partial charge in [0.15, 0.2) is 11.5 Å². The van der Waals surface area contributed by atoms with Crippen molar-refractivity contribution in [2.75, 3.05) is 33.2 Å². The first-order chi connectivity index (χ1) is 14.0. The van der Waals surface area contributed by atoms with E-state index in [9.17, 15) is 9.59 Å². The van der Waals surface area contributed by atoms with Gasteiger partial charge in [0.1, 0.15) is 0 Å². The minimum Gasteiger partial charge on any atom is -0.493 e. The molecule has 3 rings (SSSR count). The molecule has 1 aliphatic rings. The van der Waals surface area contributed by atoms with E-state index in [1.165, 1.54) is 7.11 Å². The predicted octanol–water partition coefficient (Wildman–Crippen LogP) is 3.71. The van der Waals surface area contributed by atoms with Gasteiger partial charge in [0.25, 0.3) is 0 Å². The number of esters is 1. The lowest BCUT2D eigenvalue weighted by molar-refractivity contribution is -0.141. The van der Waals surface area contributed by atoms with Crippen LogP contribution >= 0.6 is 0 Å². The van der Waals surface area contributed by atoms with Crippen LogP contribution in [0.5, 0.6) is 11.5 Å². The molecule has 0 spiro atoms. The maximum Gasteiger partial charge on any atom is 0.322 e. The molecule has 2 aromatic carbocycles. The van der Waals surface area contributed by atoms with Gasteiger partial charge in [-0.3, -0.25) is 4.79 Å². The van der Waals surface area contributed by atoms with E-state index < -0.39 is 6.04 Å². The Hall–Kier alpha value is -3.22. The largest absolute Gasteiger partial charge is 0.493 e. The highest BCUT2D eigenvalue weighted by Crippen LogP contribution is 2.39. The average molecular weight is 398 g/mol. The molecule has 0 bridgehead atoms. The summed E-state index contributed by atoms with van der Waals surface area (Å²) in [6, 6.07) is 10.6. The van der Waals surface area contributed by atoms with Crippen molar-refractivity contribution in [1.29, 1.82) is 0 Å². The topological polar surface area (TPSA) is 77.1 Å². The third-order valence-corrected chi connectivity index (χ3v) is 5.12. The molecule has 0 unspecified atom stereocenters. The summed E-state index contributed by atoms with van der Waals surface area (Å²) in [5.41, 5.74) is 3.65. The lowest BCUT2D eigenvalue weighted by Crippen LogP contribution is -2.43. The van der Waals surface area contributed by atoms with Gasteiger partial charge in [0, 0.05) is 12.2 Å². The normalized spacial score (nSPS) is 15.3.